The predicted molar refractivity (Wildman–Crippen MR) is 97.3 cm³/mol. The number of thiazole rings is 1. The largest absolute Gasteiger partial charge is 0.481 e. The molecule has 0 aliphatic heterocycles. The Morgan fingerprint density at radius 1 is 1.27 bits per heavy atom. The Hall–Kier alpha value is -2.74. The Bertz CT molecular complexity index is 827. The molecule has 0 unspecified atom stereocenters. The van der Waals surface area contributed by atoms with Crippen molar-refractivity contribution in [3.05, 3.63) is 46.5 Å². The number of hydrogen-bond acceptors (Lipinski definition) is 5. The second kappa shape index (κ2) is 7.65. The van der Waals surface area contributed by atoms with Crippen molar-refractivity contribution in [2.75, 3.05) is 11.9 Å². The molecule has 1 heterocycles. The van der Waals surface area contributed by atoms with E-state index in [1.165, 1.54) is 11.3 Å². The molecule has 2 amide bonds. The van der Waals surface area contributed by atoms with Gasteiger partial charge in [0, 0.05) is 17.0 Å². The average Bonchev–Trinajstić information content (AvgIpc) is 3.34. The number of carbonyl (C=O) groups excluding carboxylic acids is 2. The topological polar surface area (TPSA) is 99.6 Å². The van der Waals surface area contributed by atoms with Gasteiger partial charge < -0.3 is 15.3 Å². The maximum absolute atomic E-state index is 12.7. The van der Waals surface area contributed by atoms with Crippen LogP contribution < -0.4 is 5.32 Å². The molecule has 8 heteroatoms. The van der Waals surface area contributed by atoms with Crippen molar-refractivity contribution in [2.45, 2.75) is 32.2 Å². The molecule has 0 atom stereocenters. The molecule has 7 nitrogen and oxygen atoms in total. The van der Waals surface area contributed by atoms with Gasteiger partial charge in [0.1, 0.15) is 6.54 Å². The van der Waals surface area contributed by atoms with Crippen LogP contribution in [0.2, 0.25) is 0 Å². The Balaban J connectivity index is 1.63. The molecule has 2 N–H and O–H groups in total. The van der Waals surface area contributed by atoms with Crippen LogP contribution in [0.15, 0.2) is 29.6 Å². The molecule has 0 bridgehead atoms. The van der Waals surface area contributed by atoms with Crippen molar-refractivity contribution >= 4 is 34.3 Å². The third kappa shape index (κ3) is 4.66. The van der Waals surface area contributed by atoms with Gasteiger partial charge in [-0.05, 0) is 31.9 Å². The maximum Gasteiger partial charge on any atom is 0.309 e. The molecule has 0 radical (unpaired) electrons. The number of nitrogens with zero attached hydrogens (tertiary/aromatic N) is 2. The van der Waals surface area contributed by atoms with E-state index in [1.807, 2.05) is 19.1 Å². The monoisotopic (exact) mass is 373 g/mol. The van der Waals surface area contributed by atoms with Crippen molar-refractivity contribution < 1.29 is 19.5 Å². The number of amides is 2. The molecule has 1 aromatic heterocycles. The Morgan fingerprint density at radius 2 is 1.96 bits per heavy atom. The first-order valence-electron chi connectivity index (χ1n) is 8.26. The van der Waals surface area contributed by atoms with Crippen molar-refractivity contribution in [1.29, 1.82) is 0 Å². The lowest BCUT2D eigenvalue weighted by molar-refractivity contribution is -0.136. The van der Waals surface area contributed by atoms with E-state index in [9.17, 15) is 14.4 Å². The normalized spacial score (nSPS) is 13.3. The highest BCUT2D eigenvalue weighted by atomic mass is 32.1. The number of rotatable bonds is 7. The van der Waals surface area contributed by atoms with Crippen molar-refractivity contribution in [1.82, 2.24) is 9.88 Å². The summed E-state index contributed by atoms with van der Waals surface area (Å²) in [6.45, 7) is 1.90. The fourth-order valence-corrected chi connectivity index (χ4v) is 3.26. The molecular formula is C18H19N3O4S. The van der Waals surface area contributed by atoms with E-state index in [2.05, 4.69) is 10.3 Å². The predicted octanol–water partition coefficient (Wildman–Crippen LogP) is 2.32. The first kappa shape index (κ1) is 18.1. The van der Waals surface area contributed by atoms with Crippen LogP contribution in [0.4, 0.5) is 5.13 Å². The number of hydrogen-bond donors (Lipinski definition) is 2. The van der Waals surface area contributed by atoms with E-state index in [0.717, 1.165) is 18.4 Å². The molecule has 2 aromatic rings. The van der Waals surface area contributed by atoms with Crippen LogP contribution in [0.1, 0.15) is 34.5 Å². The van der Waals surface area contributed by atoms with Crippen LogP contribution in [-0.4, -0.2) is 45.4 Å². The lowest BCUT2D eigenvalue weighted by Gasteiger charge is -2.21. The summed E-state index contributed by atoms with van der Waals surface area (Å²) in [6.07, 6.45) is 1.60. The van der Waals surface area contributed by atoms with Crippen molar-refractivity contribution in [3.63, 3.8) is 0 Å². The second-order valence-electron chi connectivity index (χ2n) is 6.29. The van der Waals surface area contributed by atoms with Crippen LogP contribution in [-0.2, 0) is 16.0 Å². The van der Waals surface area contributed by atoms with Crippen LogP contribution >= 0.6 is 11.3 Å². The van der Waals surface area contributed by atoms with Gasteiger partial charge in [0.05, 0.1) is 12.1 Å². The van der Waals surface area contributed by atoms with Gasteiger partial charge in [-0.25, -0.2) is 4.98 Å². The first-order valence-corrected chi connectivity index (χ1v) is 9.14. The van der Waals surface area contributed by atoms with E-state index in [4.69, 9.17) is 5.11 Å². The zero-order valence-electron chi connectivity index (χ0n) is 14.3. The minimum atomic E-state index is -0.975. The number of benzene rings is 1. The van der Waals surface area contributed by atoms with E-state index in [1.54, 1.807) is 22.4 Å². The van der Waals surface area contributed by atoms with Crippen LogP contribution in [0.25, 0.3) is 0 Å². The fourth-order valence-electron chi connectivity index (χ4n) is 2.53. The van der Waals surface area contributed by atoms with Gasteiger partial charge >= 0.3 is 5.97 Å². The molecule has 3 rings (SSSR count). The molecule has 136 valence electrons. The summed E-state index contributed by atoms with van der Waals surface area (Å²) in [6, 6.07) is 7.37. The zero-order valence-corrected chi connectivity index (χ0v) is 15.1. The summed E-state index contributed by atoms with van der Waals surface area (Å²) in [5.41, 5.74) is 2.03. The molecule has 0 spiro atoms. The quantitative estimate of drug-likeness (QED) is 0.776. The molecular weight excluding hydrogens is 354 g/mol. The van der Waals surface area contributed by atoms with E-state index < -0.39 is 5.97 Å². The number of carbonyl (C=O) groups is 3. The Kier molecular flexibility index (Phi) is 5.32. The van der Waals surface area contributed by atoms with Gasteiger partial charge in [0.25, 0.3) is 5.91 Å². The number of carboxylic acid groups (broad SMARTS) is 1. The summed E-state index contributed by atoms with van der Waals surface area (Å²) in [5, 5.41) is 13.3. The maximum atomic E-state index is 12.7. The van der Waals surface area contributed by atoms with Crippen LogP contribution in [0.5, 0.6) is 0 Å². The van der Waals surface area contributed by atoms with Crippen LogP contribution in [0, 0.1) is 6.92 Å². The summed E-state index contributed by atoms with van der Waals surface area (Å²) >= 11 is 1.17. The molecule has 1 aliphatic carbocycles. The van der Waals surface area contributed by atoms with Gasteiger partial charge in [0.15, 0.2) is 5.13 Å². The highest BCUT2D eigenvalue weighted by molar-refractivity contribution is 7.13. The number of aryl methyl sites for hydroxylation is 1. The molecule has 1 saturated carbocycles. The van der Waals surface area contributed by atoms with Gasteiger partial charge in [0.2, 0.25) is 5.91 Å². The van der Waals surface area contributed by atoms with Crippen LogP contribution in [0.3, 0.4) is 0 Å². The lowest BCUT2D eigenvalue weighted by atomic mass is 10.1. The van der Waals surface area contributed by atoms with Gasteiger partial charge in [-0.15, -0.1) is 11.3 Å². The smallest absolute Gasteiger partial charge is 0.309 e. The van der Waals surface area contributed by atoms with Crippen molar-refractivity contribution in [3.8, 4) is 0 Å². The number of anilines is 1. The zero-order chi connectivity index (χ0) is 18.7. The van der Waals surface area contributed by atoms with Gasteiger partial charge in [-0.2, -0.15) is 0 Å². The SMILES string of the molecule is Cc1ccc(C(=O)N(CC(=O)Nc2nc(CC(=O)O)cs2)C2CC2)cc1. The number of aromatic nitrogens is 1. The molecule has 0 saturated heterocycles. The number of carboxylic acids is 1. The molecule has 1 aromatic carbocycles. The van der Waals surface area contributed by atoms with E-state index in [-0.39, 0.29) is 30.8 Å². The Labute approximate surface area is 154 Å². The third-order valence-electron chi connectivity index (χ3n) is 3.99. The minimum absolute atomic E-state index is 0.0504. The summed E-state index contributed by atoms with van der Waals surface area (Å²) in [7, 11) is 0. The third-order valence-corrected chi connectivity index (χ3v) is 4.80. The molecule has 1 fully saturated rings. The lowest BCUT2D eigenvalue weighted by Crippen LogP contribution is -2.39. The molecule has 1 aliphatic rings. The standard InChI is InChI=1S/C18H19N3O4S/c1-11-2-4-12(5-3-11)17(25)21(14-6-7-14)9-15(22)20-18-19-13(10-26-18)8-16(23)24/h2-5,10,14H,6-9H2,1H3,(H,23,24)(H,19,20,22). The van der Waals surface area contributed by atoms with Gasteiger partial charge in [-0.3, -0.25) is 14.4 Å². The van der Waals surface area contributed by atoms with E-state index in [0.29, 0.717) is 16.4 Å². The number of aliphatic carboxylic acids is 1. The summed E-state index contributed by atoms with van der Waals surface area (Å²) < 4.78 is 0. The summed E-state index contributed by atoms with van der Waals surface area (Å²) in [5.74, 6) is -1.47. The Morgan fingerprint density at radius 3 is 2.58 bits per heavy atom. The number of nitrogens with one attached hydrogen (secondary N) is 1. The molecule has 26 heavy (non-hydrogen) atoms. The second-order valence-corrected chi connectivity index (χ2v) is 7.15. The van der Waals surface area contributed by atoms with Gasteiger partial charge in [-0.1, -0.05) is 17.7 Å². The highest BCUT2D eigenvalue weighted by Crippen LogP contribution is 2.28. The summed E-state index contributed by atoms with van der Waals surface area (Å²) in [4.78, 5) is 41.4. The van der Waals surface area contributed by atoms with E-state index >= 15 is 0 Å². The fraction of sp³-hybridized carbons (Fsp3) is 0.333. The average molecular weight is 373 g/mol. The van der Waals surface area contributed by atoms with Crippen molar-refractivity contribution in [2.24, 2.45) is 0 Å². The highest BCUT2D eigenvalue weighted by Gasteiger charge is 2.34. The minimum Gasteiger partial charge on any atom is -0.481 e. The first-order chi connectivity index (χ1) is 12.4.